The number of nitrogens with one attached hydrogen (secondary N) is 8. The van der Waals surface area contributed by atoms with Crippen molar-refractivity contribution < 1.29 is 69.0 Å². The van der Waals surface area contributed by atoms with E-state index in [9.17, 15) is 63.9 Å². The second kappa shape index (κ2) is 24.4. The van der Waals surface area contributed by atoms with Crippen LogP contribution < -0.4 is 54.4 Å². The van der Waals surface area contributed by atoms with E-state index in [0.29, 0.717) is 5.56 Å². The fraction of sp³-hybridized carbons (Fsp3) is 0.531. The molecule has 0 spiro atoms. The molecule has 20 N–H and O–H groups in total. The molecular weight excluding hydrogens is 762 g/mol. The lowest BCUT2D eigenvalue weighted by atomic mass is 10.0. The number of phenolic OH excluding ortho intramolecular Hbond substituents is 1. The maximum Gasteiger partial charge on any atom is 0.326 e. The molecule has 0 fully saturated rings. The third-order valence-electron chi connectivity index (χ3n) is 7.87. The molecule has 0 aliphatic rings. The minimum atomic E-state index is -1.87. The van der Waals surface area contributed by atoms with Crippen molar-refractivity contribution >= 4 is 53.3 Å². The molecule has 25 nitrogen and oxygen atoms in total. The van der Waals surface area contributed by atoms with Crippen molar-refractivity contribution in [2.24, 2.45) is 17.2 Å². The summed E-state index contributed by atoms with van der Waals surface area (Å²) in [6, 6.07) is -6.61. The van der Waals surface area contributed by atoms with Gasteiger partial charge in [-0.2, -0.15) is 0 Å². The molecule has 1 rings (SSSR count). The zero-order valence-corrected chi connectivity index (χ0v) is 30.8. The van der Waals surface area contributed by atoms with Crippen molar-refractivity contribution in [3.05, 3.63) is 29.8 Å². The maximum atomic E-state index is 13.7. The monoisotopic (exact) mass is 813 g/mol. The van der Waals surface area contributed by atoms with E-state index in [1.165, 1.54) is 24.3 Å². The number of benzene rings is 1. The lowest BCUT2D eigenvalue weighted by molar-refractivity contribution is -0.142. The largest absolute Gasteiger partial charge is 0.508 e. The molecule has 25 heteroatoms. The van der Waals surface area contributed by atoms with Crippen LogP contribution in [0.4, 0.5) is 0 Å². The van der Waals surface area contributed by atoms with Gasteiger partial charge in [0, 0.05) is 13.0 Å². The fourth-order valence-corrected chi connectivity index (χ4v) is 4.76. The number of aliphatic hydroxyl groups excluding tert-OH is 4. The molecule has 8 atom stereocenters. The molecule has 0 aliphatic carbocycles. The zero-order valence-electron chi connectivity index (χ0n) is 30.8. The Morgan fingerprint density at radius 3 is 1.65 bits per heavy atom. The van der Waals surface area contributed by atoms with Crippen LogP contribution in [0.3, 0.4) is 0 Å². The summed E-state index contributed by atoms with van der Waals surface area (Å²) in [5.41, 5.74) is 16.2. The van der Waals surface area contributed by atoms with E-state index < -0.39 is 122 Å². The number of amides is 7. The molecule has 0 saturated carbocycles. The first-order chi connectivity index (χ1) is 26.7. The van der Waals surface area contributed by atoms with Crippen molar-refractivity contribution in [1.82, 2.24) is 37.2 Å². The van der Waals surface area contributed by atoms with Crippen LogP contribution in [0.15, 0.2) is 24.3 Å². The Balaban J connectivity index is 3.28. The molecule has 1 aromatic rings. The van der Waals surface area contributed by atoms with Gasteiger partial charge in [0.15, 0.2) is 5.96 Å². The SMILES string of the molecule is C[C@@H](O)[C@H](NC(=O)[C@H](CO)NC(=O)[C@@H](N)CO)C(=O)N[C@@H](CO)C(=O)N[C@@H](Cc1ccc(O)cc1)C(=O)N[C@@H](CC(N)=O)C(=O)N[C@@H](CCCNC(=N)N)C(=O)O. The average Bonchev–Trinajstić information content (AvgIpc) is 3.14. The number of aromatic hydroxyl groups is 1. The topological polar surface area (TPSA) is 444 Å². The Kier molecular flexibility index (Phi) is 20.9. The summed E-state index contributed by atoms with van der Waals surface area (Å²) in [5.74, 6) is -10.1. The number of aliphatic hydroxyl groups is 4. The van der Waals surface area contributed by atoms with Gasteiger partial charge in [0.05, 0.1) is 32.3 Å². The number of aliphatic carboxylic acids is 1. The number of carbonyl (C=O) groups is 8. The van der Waals surface area contributed by atoms with Crippen LogP contribution in [-0.2, 0) is 44.8 Å². The van der Waals surface area contributed by atoms with E-state index >= 15 is 0 Å². The van der Waals surface area contributed by atoms with E-state index in [0.717, 1.165) is 6.92 Å². The molecule has 7 amide bonds. The Hall–Kier alpha value is -6.15. The normalized spacial score (nSPS) is 15.1. The molecule has 0 saturated heterocycles. The highest BCUT2D eigenvalue weighted by Crippen LogP contribution is 2.12. The summed E-state index contributed by atoms with van der Waals surface area (Å²) >= 11 is 0. The number of rotatable bonds is 25. The quantitative estimate of drug-likeness (QED) is 0.0248. The lowest BCUT2D eigenvalue weighted by Crippen LogP contribution is -2.62. The highest BCUT2D eigenvalue weighted by molar-refractivity contribution is 5.98. The summed E-state index contributed by atoms with van der Waals surface area (Å²) in [7, 11) is 0. The number of primary amides is 1. The summed E-state index contributed by atoms with van der Waals surface area (Å²) in [5, 5.41) is 80.8. The van der Waals surface area contributed by atoms with Gasteiger partial charge in [0.1, 0.15) is 48.0 Å². The van der Waals surface area contributed by atoms with E-state index in [2.05, 4.69) is 31.9 Å². The van der Waals surface area contributed by atoms with Gasteiger partial charge in [-0.05, 0) is 37.5 Å². The van der Waals surface area contributed by atoms with Gasteiger partial charge in [-0.15, -0.1) is 0 Å². The molecule has 318 valence electrons. The number of hydrogen-bond acceptors (Lipinski definition) is 15. The fourth-order valence-electron chi connectivity index (χ4n) is 4.76. The third-order valence-corrected chi connectivity index (χ3v) is 7.87. The number of nitrogens with two attached hydrogens (primary N) is 3. The Morgan fingerprint density at radius 2 is 1.16 bits per heavy atom. The van der Waals surface area contributed by atoms with Gasteiger partial charge in [-0.1, -0.05) is 12.1 Å². The molecule has 0 radical (unpaired) electrons. The summed E-state index contributed by atoms with van der Waals surface area (Å²) in [6.07, 6.45) is -2.91. The van der Waals surface area contributed by atoms with E-state index in [4.69, 9.17) is 27.7 Å². The predicted molar refractivity (Wildman–Crippen MR) is 195 cm³/mol. The Morgan fingerprint density at radius 1 is 0.684 bits per heavy atom. The van der Waals surface area contributed by atoms with Crippen LogP contribution in [-0.4, -0.2) is 159 Å². The van der Waals surface area contributed by atoms with Crippen LogP contribution in [0.25, 0.3) is 0 Å². The molecule has 0 aromatic heterocycles. The number of phenols is 1. The van der Waals surface area contributed by atoms with E-state index in [1.807, 2.05) is 5.32 Å². The number of carbonyl (C=O) groups excluding carboxylic acids is 7. The van der Waals surface area contributed by atoms with Crippen molar-refractivity contribution in [3.8, 4) is 5.75 Å². The second-order valence-corrected chi connectivity index (χ2v) is 12.5. The van der Waals surface area contributed by atoms with Crippen LogP contribution in [0.5, 0.6) is 5.75 Å². The molecule has 57 heavy (non-hydrogen) atoms. The van der Waals surface area contributed by atoms with Gasteiger partial charge in [-0.3, -0.25) is 39.0 Å². The van der Waals surface area contributed by atoms with Gasteiger partial charge in [-0.25, -0.2) is 4.79 Å². The van der Waals surface area contributed by atoms with Crippen molar-refractivity contribution in [3.63, 3.8) is 0 Å². The second-order valence-electron chi connectivity index (χ2n) is 12.5. The predicted octanol–water partition coefficient (Wildman–Crippen LogP) is -8.25. The minimum absolute atomic E-state index is 0.0875. The molecule has 0 unspecified atom stereocenters. The zero-order chi connectivity index (χ0) is 43.4. The van der Waals surface area contributed by atoms with Crippen LogP contribution in [0.1, 0.15) is 31.7 Å². The number of carboxylic acids is 1. The summed E-state index contributed by atoms with van der Waals surface area (Å²) < 4.78 is 0. The van der Waals surface area contributed by atoms with Gasteiger partial charge in [0.2, 0.25) is 41.4 Å². The number of guanidine groups is 1. The standard InChI is InChI=1S/C32H51N11O14/c1-14(47)24(43-29(54)22(13-46)41-25(50)17(33)11-44)30(55)42-21(12-45)28(53)39-19(9-15-4-6-16(48)7-5-15)26(51)40-20(10-23(34)49)27(52)38-18(31(56)57)3-2-8-37-32(35)36/h4-7,14,17-22,24,44-48H,2-3,8-13,33H2,1H3,(H2,34,49)(H,38,52)(H,39,53)(H,40,51)(H,41,50)(H,42,55)(H,43,54)(H,56,57)(H4,35,36,37)/t14-,17+,18+,19+,20+,21+,22+,24+/m1/s1. The molecule has 0 aliphatic heterocycles. The molecule has 1 aromatic carbocycles. The van der Waals surface area contributed by atoms with Crippen molar-refractivity contribution in [1.29, 1.82) is 5.41 Å². The van der Waals surface area contributed by atoms with Gasteiger partial charge in [0.25, 0.3) is 0 Å². The maximum absolute atomic E-state index is 13.7. The first-order valence-corrected chi connectivity index (χ1v) is 17.2. The van der Waals surface area contributed by atoms with Gasteiger partial charge >= 0.3 is 5.97 Å². The molecular formula is C32H51N11O14. The summed E-state index contributed by atoms with van der Waals surface area (Å²) in [6.45, 7) is -1.77. The van der Waals surface area contributed by atoms with Crippen molar-refractivity contribution in [2.45, 2.75) is 81.0 Å². The first-order valence-electron chi connectivity index (χ1n) is 17.2. The van der Waals surface area contributed by atoms with Crippen LogP contribution in [0.2, 0.25) is 0 Å². The van der Waals surface area contributed by atoms with Crippen molar-refractivity contribution in [2.75, 3.05) is 26.4 Å². The smallest absolute Gasteiger partial charge is 0.326 e. The van der Waals surface area contributed by atoms with Crippen LogP contribution >= 0.6 is 0 Å². The number of hydrogen-bond donors (Lipinski definition) is 17. The molecule has 0 bridgehead atoms. The number of carboxylic acid groups (broad SMARTS) is 1. The minimum Gasteiger partial charge on any atom is -0.508 e. The average molecular weight is 814 g/mol. The summed E-state index contributed by atoms with van der Waals surface area (Å²) in [4.78, 5) is 102. The molecule has 0 heterocycles. The first kappa shape index (κ1) is 48.9. The Labute approximate surface area is 325 Å². The van der Waals surface area contributed by atoms with E-state index in [-0.39, 0.29) is 37.5 Å². The highest BCUT2D eigenvalue weighted by atomic mass is 16.4. The highest BCUT2D eigenvalue weighted by Gasteiger charge is 2.35. The third kappa shape index (κ3) is 17.5. The van der Waals surface area contributed by atoms with E-state index in [1.54, 1.807) is 0 Å². The Bertz CT molecular complexity index is 1580. The van der Waals surface area contributed by atoms with Crippen LogP contribution in [0, 0.1) is 5.41 Å². The lowest BCUT2D eigenvalue weighted by Gasteiger charge is -2.27. The van der Waals surface area contributed by atoms with Gasteiger partial charge < -0.3 is 85.1 Å².